The van der Waals surface area contributed by atoms with E-state index in [4.69, 9.17) is 11.6 Å². The van der Waals surface area contributed by atoms with Crippen molar-refractivity contribution < 1.29 is 4.92 Å². The molecule has 0 bridgehead atoms. The molecule has 0 saturated heterocycles. The van der Waals surface area contributed by atoms with Gasteiger partial charge in [0.05, 0.1) is 4.92 Å². The maximum absolute atomic E-state index is 11.8. The van der Waals surface area contributed by atoms with Crippen molar-refractivity contribution in [2.24, 2.45) is 14.1 Å². The fourth-order valence-corrected chi connectivity index (χ4v) is 1.57. The molecule has 0 aromatic carbocycles. The minimum absolute atomic E-state index is 0.259. The van der Waals surface area contributed by atoms with E-state index in [0.717, 1.165) is 11.6 Å². The van der Waals surface area contributed by atoms with Gasteiger partial charge in [-0.1, -0.05) is 38.6 Å². The molecule has 10 heteroatoms. The lowest BCUT2D eigenvalue weighted by molar-refractivity contribution is -0.386. The third-order valence-electron chi connectivity index (χ3n) is 2.63. The number of aromatic nitrogens is 2. The minimum Gasteiger partial charge on any atom is -0.300 e. The molecular weight excluding hydrogens is 338 g/mol. The molecule has 0 amide bonds. The largest absolute Gasteiger partial charge is 0.376 e. The Balaban J connectivity index is 0.00000254. The van der Waals surface area contributed by atoms with Crippen molar-refractivity contribution in [1.29, 1.82) is 0 Å². The normalized spacial score (nSPS) is 9.88. The minimum atomic E-state index is -1.02. The van der Waals surface area contributed by atoms with Crippen molar-refractivity contribution >= 4 is 23.1 Å². The standard InChI is InChI=1S/C12H14ClN5O4.C2H6/c1-7(13)5-6-8(2)14-15-10-9(18(21)22)11(19)17(4)12(20)16(10)3;1-2/h5-6,14-15H,1-2H2,3-4H3;1-2H3/b6-5-;. The van der Waals surface area contributed by atoms with Gasteiger partial charge in [0, 0.05) is 24.8 Å². The first-order chi connectivity index (χ1) is 11.2. The molecule has 0 aliphatic rings. The van der Waals surface area contributed by atoms with E-state index in [-0.39, 0.29) is 16.5 Å². The molecular formula is C14H20ClN5O4. The van der Waals surface area contributed by atoms with Gasteiger partial charge in [0.2, 0.25) is 5.82 Å². The monoisotopic (exact) mass is 357 g/mol. The zero-order valence-corrected chi connectivity index (χ0v) is 14.7. The average Bonchev–Trinajstić information content (AvgIpc) is 2.54. The molecule has 24 heavy (non-hydrogen) atoms. The third-order valence-corrected chi connectivity index (χ3v) is 2.76. The first-order valence-corrected chi connectivity index (χ1v) is 7.22. The summed E-state index contributed by atoms with van der Waals surface area (Å²) in [5.41, 5.74) is 2.73. The maximum Gasteiger partial charge on any atom is 0.376 e. The summed E-state index contributed by atoms with van der Waals surface area (Å²) in [7, 11) is 2.45. The van der Waals surface area contributed by atoms with Gasteiger partial charge in [-0.25, -0.2) is 4.79 Å². The van der Waals surface area contributed by atoms with Crippen LogP contribution in [0.15, 0.2) is 45.6 Å². The summed E-state index contributed by atoms with van der Waals surface area (Å²) in [4.78, 5) is 33.8. The fraction of sp³-hybridized carbons (Fsp3) is 0.286. The predicted octanol–water partition coefficient (Wildman–Crippen LogP) is 1.76. The summed E-state index contributed by atoms with van der Waals surface area (Å²) in [6.45, 7) is 11.0. The molecule has 0 aliphatic heterocycles. The van der Waals surface area contributed by atoms with Crippen molar-refractivity contribution in [1.82, 2.24) is 14.6 Å². The van der Waals surface area contributed by atoms with Crippen LogP contribution in [0.4, 0.5) is 11.5 Å². The number of nitrogens with one attached hydrogen (secondary N) is 2. The third kappa shape index (κ3) is 5.13. The highest BCUT2D eigenvalue weighted by molar-refractivity contribution is 6.30. The molecule has 0 aliphatic carbocycles. The van der Waals surface area contributed by atoms with Crippen LogP contribution in [0.1, 0.15) is 13.8 Å². The Labute approximate surface area is 143 Å². The van der Waals surface area contributed by atoms with E-state index in [1.165, 1.54) is 19.2 Å². The second kappa shape index (κ2) is 9.36. The Bertz CT molecular complexity index is 792. The fourth-order valence-electron chi connectivity index (χ4n) is 1.51. The van der Waals surface area contributed by atoms with Crippen LogP contribution < -0.4 is 22.1 Å². The summed E-state index contributed by atoms with van der Waals surface area (Å²) in [5, 5.41) is 11.3. The van der Waals surface area contributed by atoms with Gasteiger partial charge in [-0.05, 0) is 12.2 Å². The van der Waals surface area contributed by atoms with Gasteiger partial charge in [0.15, 0.2) is 0 Å². The first kappa shape index (κ1) is 21.2. The quantitative estimate of drug-likeness (QED) is 0.456. The summed E-state index contributed by atoms with van der Waals surface area (Å²) in [6, 6.07) is 0. The van der Waals surface area contributed by atoms with Crippen LogP contribution in [0.25, 0.3) is 0 Å². The summed E-state index contributed by atoms with van der Waals surface area (Å²) in [5.74, 6) is -0.294. The van der Waals surface area contributed by atoms with Crippen LogP contribution in [-0.4, -0.2) is 14.1 Å². The van der Waals surface area contributed by atoms with Crippen LogP contribution in [0, 0.1) is 10.1 Å². The van der Waals surface area contributed by atoms with Crippen LogP contribution in [0.3, 0.4) is 0 Å². The summed E-state index contributed by atoms with van der Waals surface area (Å²) in [6.07, 6.45) is 2.89. The van der Waals surface area contributed by atoms with E-state index >= 15 is 0 Å². The van der Waals surface area contributed by atoms with Crippen molar-refractivity contribution in [3.8, 4) is 0 Å². The van der Waals surface area contributed by atoms with Gasteiger partial charge in [-0.3, -0.25) is 29.5 Å². The zero-order chi connectivity index (χ0) is 19.0. The predicted molar refractivity (Wildman–Crippen MR) is 95.0 cm³/mol. The lowest BCUT2D eigenvalue weighted by Gasteiger charge is -2.13. The maximum atomic E-state index is 11.8. The number of nitrogens with zero attached hydrogens (tertiary/aromatic N) is 3. The van der Waals surface area contributed by atoms with Gasteiger partial charge < -0.3 is 5.43 Å². The molecule has 1 rings (SSSR count). The van der Waals surface area contributed by atoms with Crippen LogP contribution in [-0.2, 0) is 14.1 Å². The number of hydrazine groups is 1. The van der Waals surface area contributed by atoms with Crippen molar-refractivity contribution in [3.63, 3.8) is 0 Å². The number of rotatable bonds is 6. The van der Waals surface area contributed by atoms with Crippen molar-refractivity contribution in [2.75, 3.05) is 5.43 Å². The highest BCUT2D eigenvalue weighted by Gasteiger charge is 2.25. The Hall–Kier alpha value is -2.81. The van der Waals surface area contributed by atoms with E-state index in [1.807, 2.05) is 13.8 Å². The van der Waals surface area contributed by atoms with Crippen LogP contribution in [0.2, 0.25) is 0 Å². The van der Waals surface area contributed by atoms with E-state index in [0.29, 0.717) is 4.57 Å². The second-order valence-electron chi connectivity index (χ2n) is 4.22. The Morgan fingerprint density at radius 3 is 2.21 bits per heavy atom. The highest BCUT2D eigenvalue weighted by atomic mass is 35.5. The SMILES string of the molecule is C=C(Cl)/C=C\C(=C)NNc1c([N+](=O)[O-])c(=O)n(C)c(=O)n1C.CC. The highest BCUT2D eigenvalue weighted by Crippen LogP contribution is 2.15. The zero-order valence-electron chi connectivity index (χ0n) is 13.9. The van der Waals surface area contributed by atoms with Crippen LogP contribution >= 0.6 is 11.6 Å². The second-order valence-corrected chi connectivity index (χ2v) is 4.70. The van der Waals surface area contributed by atoms with E-state index in [9.17, 15) is 19.7 Å². The van der Waals surface area contributed by atoms with Gasteiger partial charge in [0.1, 0.15) is 0 Å². The molecule has 9 nitrogen and oxygen atoms in total. The van der Waals surface area contributed by atoms with Gasteiger partial charge in [0.25, 0.3) is 0 Å². The lowest BCUT2D eigenvalue weighted by atomic mass is 10.4. The molecule has 0 atom stereocenters. The Morgan fingerprint density at radius 1 is 1.21 bits per heavy atom. The van der Waals surface area contributed by atoms with E-state index in [2.05, 4.69) is 24.0 Å². The van der Waals surface area contributed by atoms with Crippen molar-refractivity contribution in [2.45, 2.75) is 13.8 Å². The Kier molecular flexibility index (Phi) is 8.26. The molecule has 0 unspecified atom stereocenters. The van der Waals surface area contributed by atoms with Gasteiger partial charge in [-0.2, -0.15) is 0 Å². The molecule has 1 aromatic heterocycles. The molecule has 132 valence electrons. The number of hydrogen-bond donors (Lipinski definition) is 2. The molecule has 2 N–H and O–H groups in total. The molecule has 0 radical (unpaired) electrons. The number of anilines is 1. The summed E-state index contributed by atoms with van der Waals surface area (Å²) >= 11 is 5.54. The van der Waals surface area contributed by atoms with Gasteiger partial charge in [-0.15, -0.1) is 0 Å². The number of nitro groups is 1. The number of halogens is 1. The van der Waals surface area contributed by atoms with Crippen molar-refractivity contribution in [3.05, 3.63) is 67.0 Å². The average molecular weight is 358 g/mol. The lowest BCUT2D eigenvalue weighted by Crippen LogP contribution is -2.40. The Morgan fingerprint density at radius 2 is 1.75 bits per heavy atom. The molecule has 1 heterocycles. The first-order valence-electron chi connectivity index (χ1n) is 6.84. The molecule has 0 fully saturated rings. The number of hydrogen-bond acceptors (Lipinski definition) is 6. The number of allylic oxidation sites excluding steroid dienone is 3. The smallest absolute Gasteiger partial charge is 0.300 e. The van der Waals surface area contributed by atoms with Crippen LogP contribution in [0.5, 0.6) is 0 Å². The summed E-state index contributed by atoms with van der Waals surface area (Å²) < 4.78 is 1.58. The molecule has 1 aromatic rings. The molecule has 0 saturated carbocycles. The molecule has 0 spiro atoms. The van der Waals surface area contributed by atoms with E-state index < -0.39 is 21.9 Å². The van der Waals surface area contributed by atoms with E-state index in [1.54, 1.807) is 0 Å². The van der Waals surface area contributed by atoms with Gasteiger partial charge >= 0.3 is 16.9 Å². The topological polar surface area (TPSA) is 111 Å².